The van der Waals surface area contributed by atoms with Crippen LogP contribution in [0, 0.1) is 4.91 Å². The van der Waals surface area contributed by atoms with Crippen LogP contribution in [-0.2, 0) is 5.21 Å². The molecule has 0 atom stereocenters. The Morgan fingerprint density at radius 3 is 2.14 bits per heavy atom. The molecule has 6 nitrogen and oxygen atoms in total. The lowest BCUT2D eigenvalue weighted by Crippen LogP contribution is -2.48. The van der Waals surface area contributed by atoms with Gasteiger partial charge in [0.05, 0.1) is 17.4 Å². The van der Waals surface area contributed by atoms with E-state index in [0.29, 0.717) is 0 Å². The number of hydrogen-bond donors (Lipinski definition) is 1. The van der Waals surface area contributed by atoms with Gasteiger partial charge in [0.15, 0.2) is 0 Å². The molecular weight excluding hydrogens is 186 g/mol. The summed E-state index contributed by atoms with van der Waals surface area (Å²) < 4.78 is 0. The van der Waals surface area contributed by atoms with E-state index < -0.39 is 11.2 Å². The van der Waals surface area contributed by atoms with Crippen LogP contribution in [0.25, 0.3) is 0 Å². The van der Waals surface area contributed by atoms with Gasteiger partial charge in [-0.05, 0) is 32.9 Å². The van der Waals surface area contributed by atoms with Gasteiger partial charge in [-0.2, -0.15) is 0 Å². The highest BCUT2D eigenvalue weighted by atomic mass is 16.6. The fraction of sp³-hybridized carbons (Fsp3) is 0.750. The molecule has 1 radical (unpaired) electrons. The quantitative estimate of drug-likeness (QED) is 0.650. The van der Waals surface area contributed by atoms with Gasteiger partial charge in [0.25, 0.3) is 0 Å². The van der Waals surface area contributed by atoms with E-state index in [1.54, 1.807) is 27.7 Å². The van der Waals surface area contributed by atoms with Gasteiger partial charge >= 0.3 is 0 Å². The molecule has 1 saturated heterocycles. The molecule has 0 aromatic heterocycles. The summed E-state index contributed by atoms with van der Waals surface area (Å²) in [5.41, 5.74) is -1.83. The molecule has 1 N–H and O–H groups in total. The molecule has 1 fully saturated rings. The van der Waals surface area contributed by atoms with E-state index in [4.69, 9.17) is 0 Å². The molecule has 1 rings (SSSR count). The number of hydrogen-bond acceptors (Lipinski definition) is 5. The topological polar surface area (TPSA) is 76.0 Å². The standard InChI is InChI=1S/C8H14N3O3/c1-7(2)6(5-9-12)10(13)8(3,4)11(7)14/h5,13H,1-4H3/b6-5-. The van der Waals surface area contributed by atoms with Crippen LogP contribution in [0.15, 0.2) is 17.1 Å². The summed E-state index contributed by atoms with van der Waals surface area (Å²) in [4.78, 5) is 10.1. The van der Waals surface area contributed by atoms with Crippen molar-refractivity contribution >= 4 is 0 Å². The Kier molecular flexibility index (Phi) is 2.39. The number of rotatable bonds is 1. The van der Waals surface area contributed by atoms with Crippen LogP contribution in [-0.4, -0.2) is 26.5 Å². The van der Waals surface area contributed by atoms with Gasteiger partial charge < -0.3 is 0 Å². The van der Waals surface area contributed by atoms with Crippen molar-refractivity contribution in [3.63, 3.8) is 0 Å². The largest absolute Gasteiger partial charge is 0.287 e. The first-order valence-electron chi connectivity index (χ1n) is 4.26. The highest BCUT2D eigenvalue weighted by molar-refractivity contribution is 5.21. The number of hydroxylamine groups is 4. The normalized spacial score (nSPS) is 28.4. The van der Waals surface area contributed by atoms with Crippen molar-refractivity contribution < 1.29 is 10.4 Å². The average Bonchev–Trinajstić information content (AvgIpc) is 2.19. The highest BCUT2D eigenvalue weighted by Crippen LogP contribution is 2.42. The van der Waals surface area contributed by atoms with Crippen LogP contribution in [0.1, 0.15) is 27.7 Å². The zero-order valence-corrected chi connectivity index (χ0v) is 8.68. The zero-order chi connectivity index (χ0) is 11.1. The van der Waals surface area contributed by atoms with E-state index in [1.807, 2.05) is 0 Å². The maximum Gasteiger partial charge on any atom is 0.140 e. The Balaban J connectivity index is 3.23. The minimum atomic E-state index is -1.08. The minimum Gasteiger partial charge on any atom is -0.287 e. The van der Waals surface area contributed by atoms with E-state index in [-0.39, 0.29) is 5.70 Å². The van der Waals surface area contributed by atoms with Crippen LogP contribution in [0.3, 0.4) is 0 Å². The highest BCUT2D eigenvalue weighted by Gasteiger charge is 2.54. The molecule has 0 unspecified atom stereocenters. The fourth-order valence-electron chi connectivity index (χ4n) is 1.69. The molecule has 79 valence electrons. The first kappa shape index (κ1) is 11.1. The SMILES string of the molecule is CC1(C)/C(=C/N=O)N(O)C(C)(C)N1[O]. The summed E-state index contributed by atoms with van der Waals surface area (Å²) in [6.45, 7) is 6.37. The van der Waals surface area contributed by atoms with Crippen LogP contribution < -0.4 is 0 Å². The Bertz CT molecular complexity index is 286. The summed E-state index contributed by atoms with van der Waals surface area (Å²) in [6.07, 6.45) is 0.958. The fourth-order valence-corrected chi connectivity index (χ4v) is 1.69. The second-order valence-corrected chi connectivity index (χ2v) is 4.28. The Labute approximate surface area is 82.3 Å². The third-order valence-electron chi connectivity index (χ3n) is 2.55. The summed E-state index contributed by atoms with van der Waals surface area (Å²) >= 11 is 0. The van der Waals surface area contributed by atoms with Crippen LogP contribution >= 0.6 is 0 Å². The van der Waals surface area contributed by atoms with Gasteiger partial charge in [0.2, 0.25) is 0 Å². The van der Waals surface area contributed by atoms with Gasteiger partial charge in [-0.15, -0.1) is 15.2 Å². The van der Waals surface area contributed by atoms with Gasteiger partial charge in [0, 0.05) is 0 Å². The molecule has 14 heavy (non-hydrogen) atoms. The summed E-state index contributed by atoms with van der Waals surface area (Å²) in [5.74, 6) is 0. The molecular formula is C8H14N3O3. The second-order valence-electron chi connectivity index (χ2n) is 4.28. The van der Waals surface area contributed by atoms with Gasteiger partial charge in [-0.1, -0.05) is 0 Å². The Morgan fingerprint density at radius 2 is 1.86 bits per heavy atom. The van der Waals surface area contributed by atoms with Crippen molar-refractivity contribution in [3.05, 3.63) is 16.8 Å². The van der Waals surface area contributed by atoms with Gasteiger partial charge in [-0.25, -0.2) is 5.06 Å². The van der Waals surface area contributed by atoms with Crippen molar-refractivity contribution in [2.24, 2.45) is 5.18 Å². The number of nitroso groups, excluding NO2 is 1. The zero-order valence-electron chi connectivity index (χ0n) is 8.68. The lowest BCUT2D eigenvalue weighted by molar-refractivity contribution is -0.290. The summed E-state index contributed by atoms with van der Waals surface area (Å²) in [7, 11) is 0. The third kappa shape index (κ3) is 1.23. The first-order chi connectivity index (χ1) is 6.26. The lowest BCUT2D eigenvalue weighted by atomic mass is 10.0. The maximum absolute atomic E-state index is 11.8. The molecule has 0 amide bonds. The second kappa shape index (κ2) is 3.01. The molecule has 0 spiro atoms. The summed E-state index contributed by atoms with van der Waals surface area (Å²) in [5, 5.41) is 25.5. The molecule has 1 heterocycles. The lowest BCUT2D eigenvalue weighted by Gasteiger charge is -2.30. The van der Waals surface area contributed by atoms with Crippen molar-refractivity contribution in [1.82, 2.24) is 10.1 Å². The predicted octanol–water partition coefficient (Wildman–Crippen LogP) is 1.46. The molecule has 0 aliphatic carbocycles. The van der Waals surface area contributed by atoms with E-state index in [9.17, 15) is 15.3 Å². The molecule has 0 aromatic rings. The predicted molar refractivity (Wildman–Crippen MR) is 48.2 cm³/mol. The molecule has 0 saturated carbocycles. The molecule has 6 heteroatoms. The van der Waals surface area contributed by atoms with E-state index in [2.05, 4.69) is 5.18 Å². The van der Waals surface area contributed by atoms with Crippen LogP contribution in [0.4, 0.5) is 0 Å². The molecule has 1 aliphatic rings. The average molecular weight is 200 g/mol. The minimum absolute atomic E-state index is 0.201. The number of nitrogens with zero attached hydrogens (tertiary/aromatic N) is 3. The molecule has 1 aliphatic heterocycles. The van der Waals surface area contributed by atoms with Crippen molar-refractivity contribution in [2.75, 3.05) is 0 Å². The van der Waals surface area contributed by atoms with Crippen LogP contribution in [0.5, 0.6) is 0 Å². The maximum atomic E-state index is 11.8. The van der Waals surface area contributed by atoms with E-state index >= 15 is 0 Å². The van der Waals surface area contributed by atoms with Crippen molar-refractivity contribution in [3.8, 4) is 0 Å². The van der Waals surface area contributed by atoms with Crippen LogP contribution in [0.2, 0.25) is 0 Å². The van der Waals surface area contributed by atoms with Gasteiger partial charge in [-0.3, -0.25) is 5.21 Å². The summed E-state index contributed by atoms with van der Waals surface area (Å²) in [6, 6.07) is 0. The van der Waals surface area contributed by atoms with Crippen molar-refractivity contribution in [1.29, 1.82) is 0 Å². The van der Waals surface area contributed by atoms with E-state index in [1.165, 1.54) is 0 Å². The molecule has 0 aromatic carbocycles. The first-order valence-corrected chi connectivity index (χ1v) is 4.26. The monoisotopic (exact) mass is 200 g/mol. The van der Waals surface area contributed by atoms with Gasteiger partial charge in [0.1, 0.15) is 5.66 Å². The Hall–Kier alpha value is -0.980. The Morgan fingerprint density at radius 1 is 1.36 bits per heavy atom. The van der Waals surface area contributed by atoms with Crippen molar-refractivity contribution in [2.45, 2.75) is 38.9 Å². The third-order valence-corrected chi connectivity index (χ3v) is 2.55. The smallest absolute Gasteiger partial charge is 0.140 e. The molecule has 0 bridgehead atoms. The van der Waals surface area contributed by atoms with E-state index in [0.717, 1.165) is 16.3 Å².